The van der Waals surface area contributed by atoms with E-state index in [2.05, 4.69) is 0 Å². The third-order valence-electron chi connectivity index (χ3n) is 6.22. The van der Waals surface area contributed by atoms with Crippen LogP contribution in [0, 0.1) is 0 Å². The number of nitrogens with zero attached hydrogens (tertiary/aromatic N) is 3. The first kappa shape index (κ1) is 22.3. The van der Waals surface area contributed by atoms with E-state index in [0.29, 0.717) is 28.6 Å². The number of aromatic hydroxyl groups is 2. The number of hydrogen-bond donors (Lipinski definition) is 2. The van der Waals surface area contributed by atoms with Crippen LogP contribution in [0.3, 0.4) is 0 Å². The zero-order valence-corrected chi connectivity index (χ0v) is 19.6. The van der Waals surface area contributed by atoms with E-state index in [1.54, 1.807) is 6.07 Å². The average molecular weight is 460 g/mol. The van der Waals surface area contributed by atoms with Crippen molar-refractivity contribution in [2.75, 3.05) is 0 Å². The SMILES string of the molecule is CC(C)(c1ccccc1)c1cc(-c2nc(-c3ccccc3)nc(-c3ccccc3)n2)c(O)cc1O. The predicted octanol–water partition coefficient (Wildman–Crippen LogP) is 6.61. The van der Waals surface area contributed by atoms with Crippen LogP contribution in [0.25, 0.3) is 34.2 Å². The molecular weight excluding hydrogens is 434 g/mol. The number of phenols is 2. The summed E-state index contributed by atoms with van der Waals surface area (Å²) in [5, 5.41) is 21.7. The minimum absolute atomic E-state index is 0.0146. The van der Waals surface area contributed by atoms with Gasteiger partial charge in [0, 0.05) is 28.2 Å². The van der Waals surface area contributed by atoms with Crippen molar-refractivity contribution in [1.29, 1.82) is 0 Å². The highest BCUT2D eigenvalue weighted by molar-refractivity contribution is 5.72. The van der Waals surface area contributed by atoms with E-state index in [4.69, 9.17) is 15.0 Å². The summed E-state index contributed by atoms with van der Waals surface area (Å²) in [6.45, 7) is 4.08. The minimum Gasteiger partial charge on any atom is -0.507 e. The van der Waals surface area contributed by atoms with Crippen LogP contribution in [-0.4, -0.2) is 25.2 Å². The van der Waals surface area contributed by atoms with Gasteiger partial charge in [-0.25, -0.2) is 15.0 Å². The second-order valence-electron chi connectivity index (χ2n) is 8.92. The van der Waals surface area contributed by atoms with Gasteiger partial charge in [0.15, 0.2) is 17.5 Å². The van der Waals surface area contributed by atoms with Crippen LogP contribution in [0.5, 0.6) is 11.5 Å². The van der Waals surface area contributed by atoms with Crippen LogP contribution in [0.2, 0.25) is 0 Å². The van der Waals surface area contributed by atoms with E-state index in [1.165, 1.54) is 6.07 Å². The summed E-state index contributed by atoms with van der Waals surface area (Å²) in [5.41, 5.74) is 3.30. The van der Waals surface area contributed by atoms with Gasteiger partial charge >= 0.3 is 0 Å². The largest absolute Gasteiger partial charge is 0.507 e. The zero-order chi connectivity index (χ0) is 24.4. The molecule has 0 aliphatic heterocycles. The van der Waals surface area contributed by atoms with Crippen molar-refractivity contribution >= 4 is 0 Å². The van der Waals surface area contributed by atoms with Gasteiger partial charge in [0.2, 0.25) is 0 Å². The Morgan fingerprint density at radius 1 is 0.543 bits per heavy atom. The minimum atomic E-state index is -0.522. The average Bonchev–Trinajstić information content (AvgIpc) is 2.90. The molecule has 4 aromatic carbocycles. The summed E-state index contributed by atoms with van der Waals surface area (Å²) >= 11 is 0. The van der Waals surface area contributed by atoms with Crippen LogP contribution in [0.4, 0.5) is 0 Å². The highest BCUT2D eigenvalue weighted by Gasteiger charge is 2.28. The summed E-state index contributed by atoms with van der Waals surface area (Å²) < 4.78 is 0. The first-order valence-corrected chi connectivity index (χ1v) is 11.4. The highest BCUT2D eigenvalue weighted by Crippen LogP contribution is 2.42. The molecule has 0 aliphatic carbocycles. The summed E-state index contributed by atoms with van der Waals surface area (Å²) in [6, 6.07) is 32.4. The molecule has 172 valence electrons. The Morgan fingerprint density at radius 3 is 1.51 bits per heavy atom. The molecule has 0 fully saturated rings. The number of hydrogen-bond acceptors (Lipinski definition) is 5. The van der Waals surface area contributed by atoms with E-state index in [9.17, 15) is 10.2 Å². The van der Waals surface area contributed by atoms with Gasteiger partial charge < -0.3 is 10.2 Å². The van der Waals surface area contributed by atoms with E-state index >= 15 is 0 Å². The molecule has 5 heteroatoms. The van der Waals surface area contributed by atoms with E-state index in [-0.39, 0.29) is 11.5 Å². The standard InChI is InChI=1S/C30H25N3O2/c1-30(2,22-16-10-5-11-17-22)24-18-23(25(34)19-26(24)35)29-32-27(20-12-6-3-7-13-20)31-28(33-29)21-14-8-4-9-15-21/h3-19,34-35H,1-2H3. The number of benzene rings is 4. The van der Waals surface area contributed by atoms with Crippen molar-refractivity contribution in [3.8, 4) is 45.7 Å². The molecule has 1 heterocycles. The van der Waals surface area contributed by atoms with Crippen LogP contribution < -0.4 is 0 Å². The molecule has 0 saturated heterocycles. The highest BCUT2D eigenvalue weighted by atomic mass is 16.3. The number of rotatable bonds is 5. The van der Waals surface area contributed by atoms with Crippen molar-refractivity contribution in [2.24, 2.45) is 0 Å². The Morgan fingerprint density at radius 2 is 1.00 bits per heavy atom. The van der Waals surface area contributed by atoms with Gasteiger partial charge in [0.1, 0.15) is 11.5 Å². The monoisotopic (exact) mass is 459 g/mol. The molecule has 0 atom stereocenters. The molecule has 0 bridgehead atoms. The van der Waals surface area contributed by atoms with Crippen LogP contribution in [0.1, 0.15) is 25.0 Å². The maximum atomic E-state index is 10.9. The van der Waals surface area contributed by atoms with Gasteiger partial charge in [-0.2, -0.15) is 0 Å². The van der Waals surface area contributed by atoms with Gasteiger partial charge in [0.25, 0.3) is 0 Å². The number of phenolic OH excluding ortho intramolecular Hbond substituents is 2. The first-order chi connectivity index (χ1) is 16.9. The van der Waals surface area contributed by atoms with Crippen LogP contribution in [0.15, 0.2) is 103 Å². The van der Waals surface area contributed by atoms with Crippen molar-refractivity contribution in [1.82, 2.24) is 15.0 Å². The topological polar surface area (TPSA) is 79.1 Å². The van der Waals surface area contributed by atoms with Gasteiger partial charge in [0.05, 0.1) is 5.56 Å². The Kier molecular flexibility index (Phi) is 5.75. The maximum Gasteiger partial charge on any atom is 0.167 e. The smallest absolute Gasteiger partial charge is 0.167 e. The molecule has 0 amide bonds. The lowest BCUT2D eigenvalue weighted by Gasteiger charge is -2.27. The molecule has 5 nitrogen and oxygen atoms in total. The van der Waals surface area contributed by atoms with Crippen molar-refractivity contribution in [2.45, 2.75) is 19.3 Å². The maximum absolute atomic E-state index is 10.9. The van der Waals surface area contributed by atoms with Gasteiger partial charge in [-0.05, 0) is 11.6 Å². The Labute approximate surface area is 204 Å². The summed E-state index contributed by atoms with van der Waals surface area (Å²) in [5.74, 6) is 1.26. The third kappa shape index (κ3) is 4.36. The van der Waals surface area contributed by atoms with Crippen molar-refractivity contribution < 1.29 is 10.2 Å². The van der Waals surface area contributed by atoms with E-state index < -0.39 is 5.41 Å². The predicted molar refractivity (Wildman–Crippen MR) is 138 cm³/mol. The van der Waals surface area contributed by atoms with Crippen LogP contribution in [-0.2, 0) is 5.41 Å². The lowest BCUT2D eigenvalue weighted by Crippen LogP contribution is -2.19. The second kappa shape index (κ2) is 9.03. The fourth-order valence-corrected chi connectivity index (χ4v) is 4.20. The molecule has 0 unspecified atom stereocenters. The Hall–Kier alpha value is -4.51. The van der Waals surface area contributed by atoms with Crippen molar-refractivity contribution in [3.63, 3.8) is 0 Å². The second-order valence-corrected chi connectivity index (χ2v) is 8.92. The summed E-state index contributed by atoms with van der Waals surface area (Å²) in [4.78, 5) is 14.2. The van der Waals surface area contributed by atoms with E-state index in [1.807, 2.05) is 105 Å². The zero-order valence-electron chi connectivity index (χ0n) is 19.6. The number of aromatic nitrogens is 3. The summed E-state index contributed by atoms with van der Waals surface area (Å²) in [7, 11) is 0. The lowest BCUT2D eigenvalue weighted by molar-refractivity contribution is 0.437. The molecule has 1 aromatic heterocycles. The molecule has 5 rings (SSSR count). The van der Waals surface area contributed by atoms with Crippen molar-refractivity contribution in [3.05, 3.63) is 114 Å². The van der Waals surface area contributed by atoms with Crippen LogP contribution >= 0.6 is 0 Å². The fraction of sp³-hybridized carbons (Fsp3) is 0.100. The fourth-order valence-electron chi connectivity index (χ4n) is 4.20. The molecule has 2 N–H and O–H groups in total. The molecule has 0 spiro atoms. The molecular formula is C30H25N3O2. The molecule has 0 saturated carbocycles. The quantitative estimate of drug-likeness (QED) is 0.309. The Bertz CT molecular complexity index is 1410. The van der Waals surface area contributed by atoms with Gasteiger partial charge in [-0.15, -0.1) is 0 Å². The summed E-state index contributed by atoms with van der Waals surface area (Å²) in [6.07, 6.45) is 0. The Balaban J connectivity index is 1.72. The molecule has 35 heavy (non-hydrogen) atoms. The molecule has 0 radical (unpaired) electrons. The third-order valence-corrected chi connectivity index (χ3v) is 6.22. The molecule has 5 aromatic rings. The molecule has 0 aliphatic rings. The van der Waals surface area contributed by atoms with Gasteiger partial charge in [-0.1, -0.05) is 105 Å². The van der Waals surface area contributed by atoms with E-state index in [0.717, 1.165) is 16.7 Å². The first-order valence-electron chi connectivity index (χ1n) is 11.4. The van der Waals surface area contributed by atoms with Gasteiger partial charge in [-0.3, -0.25) is 0 Å². The normalized spacial score (nSPS) is 11.4. The lowest BCUT2D eigenvalue weighted by atomic mass is 9.77.